The molecule has 102 valence electrons. The molecule has 0 fully saturated rings. The minimum atomic E-state index is -0.0537. The van der Waals surface area contributed by atoms with E-state index in [1.165, 1.54) is 0 Å². The number of benzene rings is 1. The van der Waals surface area contributed by atoms with E-state index in [1.54, 1.807) is 11.9 Å². The second-order valence-corrected chi connectivity index (χ2v) is 4.62. The van der Waals surface area contributed by atoms with Crippen LogP contribution in [0.2, 0.25) is 0 Å². The lowest BCUT2D eigenvalue weighted by molar-refractivity contribution is -0.118. The minimum absolute atomic E-state index is 0.0537. The van der Waals surface area contributed by atoms with Gasteiger partial charge >= 0.3 is 0 Å². The van der Waals surface area contributed by atoms with Crippen molar-refractivity contribution in [2.24, 2.45) is 0 Å². The lowest BCUT2D eigenvalue weighted by atomic mass is 10.0. The lowest BCUT2D eigenvalue weighted by Gasteiger charge is -2.26. The van der Waals surface area contributed by atoms with Gasteiger partial charge in [-0.2, -0.15) is 0 Å². The monoisotopic (exact) mass is 261 g/mol. The Bertz CT molecular complexity index is 499. The van der Waals surface area contributed by atoms with Gasteiger partial charge in [0.15, 0.2) is 0 Å². The van der Waals surface area contributed by atoms with Gasteiger partial charge in [-0.25, -0.2) is 0 Å². The fraction of sp³-hybridized carbons (Fsp3) is 0.429. The number of hydrogen-bond acceptors (Lipinski definition) is 3. The highest BCUT2D eigenvalue weighted by molar-refractivity contribution is 5.97. The first kappa shape index (κ1) is 13.5. The van der Waals surface area contributed by atoms with Gasteiger partial charge in [0.25, 0.3) is 0 Å². The summed E-state index contributed by atoms with van der Waals surface area (Å²) in [6, 6.07) is 5.66. The molecule has 1 aromatic rings. The second-order valence-electron chi connectivity index (χ2n) is 4.62. The Balaban J connectivity index is 2.09. The number of anilines is 2. The summed E-state index contributed by atoms with van der Waals surface area (Å²) in [6.45, 7) is 3.04. The largest absolute Gasteiger partial charge is 0.325 e. The van der Waals surface area contributed by atoms with E-state index in [-0.39, 0.29) is 11.8 Å². The van der Waals surface area contributed by atoms with Crippen LogP contribution in [0.1, 0.15) is 18.9 Å². The summed E-state index contributed by atoms with van der Waals surface area (Å²) >= 11 is 0. The van der Waals surface area contributed by atoms with Gasteiger partial charge in [0.1, 0.15) is 0 Å². The zero-order valence-electron chi connectivity index (χ0n) is 11.3. The molecule has 2 N–H and O–H groups in total. The number of rotatable bonds is 4. The van der Waals surface area contributed by atoms with E-state index >= 15 is 0 Å². The number of nitrogens with zero attached hydrogens (tertiary/aromatic N) is 1. The van der Waals surface area contributed by atoms with Crippen molar-refractivity contribution in [2.45, 2.75) is 19.8 Å². The van der Waals surface area contributed by atoms with Gasteiger partial charge in [0, 0.05) is 24.8 Å². The first-order valence-electron chi connectivity index (χ1n) is 6.52. The van der Waals surface area contributed by atoms with E-state index in [2.05, 4.69) is 10.6 Å². The van der Waals surface area contributed by atoms with Crippen molar-refractivity contribution >= 4 is 23.2 Å². The Morgan fingerprint density at radius 3 is 2.89 bits per heavy atom. The lowest BCUT2D eigenvalue weighted by Crippen LogP contribution is -2.31. The normalized spacial score (nSPS) is 14.2. The third-order valence-corrected chi connectivity index (χ3v) is 3.24. The Kier molecular flexibility index (Phi) is 4.16. The van der Waals surface area contributed by atoms with Gasteiger partial charge in [0.2, 0.25) is 11.8 Å². The van der Waals surface area contributed by atoms with Crippen molar-refractivity contribution < 1.29 is 9.59 Å². The van der Waals surface area contributed by atoms with Crippen molar-refractivity contribution in [1.29, 1.82) is 0 Å². The third-order valence-electron chi connectivity index (χ3n) is 3.24. The van der Waals surface area contributed by atoms with Crippen LogP contribution in [0, 0.1) is 0 Å². The van der Waals surface area contributed by atoms with E-state index in [1.807, 2.05) is 25.1 Å². The number of nitrogens with one attached hydrogen (secondary N) is 2. The van der Waals surface area contributed by atoms with Gasteiger partial charge in [-0.15, -0.1) is 0 Å². The van der Waals surface area contributed by atoms with Crippen LogP contribution >= 0.6 is 0 Å². The summed E-state index contributed by atoms with van der Waals surface area (Å²) in [5, 5.41) is 5.83. The number of amides is 2. The predicted molar refractivity (Wildman–Crippen MR) is 75.3 cm³/mol. The number of hydrogen-bond donors (Lipinski definition) is 2. The van der Waals surface area contributed by atoms with Crippen LogP contribution in [0.15, 0.2) is 18.2 Å². The number of likely N-dealkylation sites (N-methyl/N-ethyl adjacent to an activating group) is 1. The maximum Gasteiger partial charge on any atom is 0.238 e. The average molecular weight is 261 g/mol. The molecule has 0 aromatic heterocycles. The van der Waals surface area contributed by atoms with Crippen LogP contribution in [0.5, 0.6) is 0 Å². The summed E-state index contributed by atoms with van der Waals surface area (Å²) < 4.78 is 0. The Morgan fingerprint density at radius 1 is 1.37 bits per heavy atom. The quantitative estimate of drug-likeness (QED) is 0.854. The molecule has 0 aliphatic carbocycles. The molecule has 0 atom stereocenters. The van der Waals surface area contributed by atoms with Crippen molar-refractivity contribution in [3.05, 3.63) is 23.8 Å². The van der Waals surface area contributed by atoms with Crippen LogP contribution in [0.3, 0.4) is 0 Å². The molecule has 0 saturated heterocycles. The van der Waals surface area contributed by atoms with Crippen molar-refractivity contribution in [3.63, 3.8) is 0 Å². The van der Waals surface area contributed by atoms with Crippen LogP contribution in [-0.2, 0) is 16.0 Å². The van der Waals surface area contributed by atoms with E-state index in [9.17, 15) is 9.59 Å². The summed E-state index contributed by atoms with van der Waals surface area (Å²) in [4.78, 5) is 24.9. The fourth-order valence-corrected chi connectivity index (χ4v) is 2.18. The molecule has 2 rings (SSSR count). The van der Waals surface area contributed by atoms with E-state index in [0.717, 1.165) is 29.9 Å². The molecule has 0 radical (unpaired) electrons. The summed E-state index contributed by atoms with van der Waals surface area (Å²) in [5.41, 5.74) is 2.81. The van der Waals surface area contributed by atoms with Crippen LogP contribution in [0.25, 0.3) is 0 Å². The molecule has 19 heavy (non-hydrogen) atoms. The zero-order valence-corrected chi connectivity index (χ0v) is 11.3. The van der Waals surface area contributed by atoms with Crippen molar-refractivity contribution in [2.75, 3.05) is 30.4 Å². The zero-order chi connectivity index (χ0) is 13.8. The molecule has 0 saturated carbocycles. The van der Waals surface area contributed by atoms with Gasteiger partial charge in [0.05, 0.1) is 6.54 Å². The summed E-state index contributed by atoms with van der Waals surface area (Å²) in [5.74, 6) is 0.0819. The fourth-order valence-electron chi connectivity index (χ4n) is 2.18. The third kappa shape index (κ3) is 3.12. The van der Waals surface area contributed by atoms with Crippen LogP contribution in [0.4, 0.5) is 11.4 Å². The first-order chi connectivity index (χ1) is 9.11. The molecule has 0 spiro atoms. The van der Waals surface area contributed by atoms with Gasteiger partial charge in [-0.1, -0.05) is 6.92 Å². The minimum Gasteiger partial charge on any atom is -0.325 e. The van der Waals surface area contributed by atoms with Gasteiger partial charge in [-0.3, -0.25) is 9.59 Å². The number of fused-ring (bicyclic) bond motifs is 1. The highest BCUT2D eigenvalue weighted by Crippen LogP contribution is 2.29. The highest BCUT2D eigenvalue weighted by Gasteiger charge is 2.20. The van der Waals surface area contributed by atoms with Gasteiger partial charge < -0.3 is 15.5 Å². The molecular formula is C14H19N3O2. The topological polar surface area (TPSA) is 61.4 Å². The Hall–Kier alpha value is -1.88. The number of carbonyl (C=O) groups is 2. The molecule has 5 nitrogen and oxygen atoms in total. The molecule has 2 amide bonds. The molecule has 1 aromatic carbocycles. The summed E-state index contributed by atoms with van der Waals surface area (Å²) in [6.07, 6.45) is 1.26. The molecule has 0 unspecified atom stereocenters. The summed E-state index contributed by atoms with van der Waals surface area (Å²) in [7, 11) is 1.78. The predicted octanol–water partition coefficient (Wildman–Crippen LogP) is 1.14. The number of carbonyl (C=O) groups excluding carboxylic acids is 2. The molecular weight excluding hydrogens is 242 g/mol. The smallest absolute Gasteiger partial charge is 0.238 e. The van der Waals surface area contributed by atoms with E-state index < -0.39 is 0 Å². The van der Waals surface area contributed by atoms with Crippen molar-refractivity contribution in [3.8, 4) is 0 Å². The molecule has 1 aliphatic rings. The van der Waals surface area contributed by atoms with Gasteiger partial charge in [-0.05, 0) is 36.7 Å². The standard InChI is InChI=1S/C14H19N3O2/c1-3-15-9-13(18)16-11-5-6-12-10(8-11)4-7-14(19)17(12)2/h5-6,8,15H,3-4,7,9H2,1-2H3,(H,16,18). The van der Waals surface area contributed by atoms with Crippen LogP contribution in [-0.4, -0.2) is 32.0 Å². The SMILES string of the molecule is CCNCC(=O)Nc1ccc2c(c1)CCC(=O)N2C. The van der Waals surface area contributed by atoms with Crippen LogP contribution < -0.4 is 15.5 Å². The molecule has 1 heterocycles. The van der Waals surface area contributed by atoms with E-state index in [4.69, 9.17) is 0 Å². The maximum absolute atomic E-state index is 11.6. The van der Waals surface area contributed by atoms with E-state index in [0.29, 0.717) is 13.0 Å². The van der Waals surface area contributed by atoms with Crippen molar-refractivity contribution in [1.82, 2.24) is 5.32 Å². The first-order valence-corrected chi connectivity index (χ1v) is 6.52. The Labute approximate surface area is 113 Å². The molecule has 1 aliphatic heterocycles. The molecule has 5 heteroatoms. The Morgan fingerprint density at radius 2 is 2.16 bits per heavy atom. The highest BCUT2D eigenvalue weighted by atomic mass is 16.2. The maximum atomic E-state index is 11.6. The molecule has 0 bridgehead atoms. The number of aryl methyl sites for hydroxylation is 1. The second kappa shape index (κ2) is 5.84. The average Bonchev–Trinajstić information content (AvgIpc) is 2.41.